The lowest BCUT2D eigenvalue weighted by atomic mass is 10.2. The molecule has 6 heteroatoms. The van der Waals surface area contributed by atoms with E-state index in [1.54, 1.807) is 0 Å². The number of para-hydroxylation sites is 1. The summed E-state index contributed by atoms with van der Waals surface area (Å²) in [6.45, 7) is 1.43. The van der Waals surface area contributed by atoms with Gasteiger partial charge in [0.25, 0.3) is 0 Å². The molecule has 0 aliphatic rings. The van der Waals surface area contributed by atoms with Gasteiger partial charge in [0, 0.05) is 13.0 Å². The van der Waals surface area contributed by atoms with Gasteiger partial charge in [-0.05, 0) is 6.07 Å². The molecule has 0 fully saturated rings. The molecule has 1 aromatic rings. The van der Waals surface area contributed by atoms with E-state index in [0.29, 0.717) is 0 Å². The second-order valence-corrected chi connectivity index (χ2v) is 4.16. The van der Waals surface area contributed by atoms with Gasteiger partial charge < -0.3 is 5.11 Å². The number of nitro groups is 1. The van der Waals surface area contributed by atoms with Gasteiger partial charge in [-0.15, -0.1) is 0 Å². The number of nitrogens with zero attached hydrogens (tertiary/aromatic N) is 1. The first-order chi connectivity index (χ1) is 8.02. The lowest BCUT2D eigenvalue weighted by Gasteiger charge is -1.97. The largest absolute Gasteiger partial charge is 0.501 e. The number of carbonyl (C=O) groups is 1. The van der Waals surface area contributed by atoms with Crippen molar-refractivity contribution in [2.75, 3.05) is 5.75 Å². The molecule has 5 nitrogen and oxygen atoms in total. The van der Waals surface area contributed by atoms with E-state index in [4.69, 9.17) is 0 Å². The predicted molar refractivity (Wildman–Crippen MR) is 64.8 cm³/mol. The number of phenols is 1. The third-order valence-corrected chi connectivity index (χ3v) is 2.48. The van der Waals surface area contributed by atoms with E-state index in [1.807, 2.05) is 0 Å². The van der Waals surface area contributed by atoms with Crippen LogP contribution in [-0.2, 0) is 4.79 Å². The highest BCUT2D eigenvalue weighted by Gasteiger charge is 2.14. The molecule has 1 aromatic carbocycles. The van der Waals surface area contributed by atoms with E-state index in [0.717, 1.165) is 11.8 Å². The highest BCUT2D eigenvalue weighted by atomic mass is 32.2. The molecule has 0 amide bonds. The van der Waals surface area contributed by atoms with Gasteiger partial charge in [0.05, 0.1) is 16.2 Å². The SMILES string of the molecule is CC(=O)SCC#Cc1cccc([N+](=O)[O-])c1O. The monoisotopic (exact) mass is 251 g/mol. The Hall–Kier alpha value is -2.00. The zero-order valence-corrected chi connectivity index (χ0v) is 9.78. The van der Waals surface area contributed by atoms with Crippen molar-refractivity contribution in [2.45, 2.75) is 6.92 Å². The van der Waals surface area contributed by atoms with E-state index < -0.39 is 10.7 Å². The molecule has 88 valence electrons. The number of phenolic OH excluding ortho intramolecular Hbond substituents is 1. The van der Waals surface area contributed by atoms with Crippen LogP contribution >= 0.6 is 11.8 Å². The average Bonchev–Trinajstić information content (AvgIpc) is 2.25. The third kappa shape index (κ3) is 3.81. The Morgan fingerprint density at radius 3 is 2.88 bits per heavy atom. The molecule has 0 aliphatic carbocycles. The number of hydrogen-bond donors (Lipinski definition) is 1. The summed E-state index contributed by atoms with van der Waals surface area (Å²) < 4.78 is 0. The van der Waals surface area contributed by atoms with Gasteiger partial charge in [-0.25, -0.2) is 0 Å². The molecular formula is C11H9NO4S. The molecule has 0 saturated heterocycles. The third-order valence-electron chi connectivity index (χ3n) is 1.78. The highest BCUT2D eigenvalue weighted by Crippen LogP contribution is 2.28. The predicted octanol–water partition coefficient (Wildman–Crippen LogP) is 1.93. The average molecular weight is 251 g/mol. The smallest absolute Gasteiger partial charge is 0.312 e. The van der Waals surface area contributed by atoms with Gasteiger partial charge in [-0.2, -0.15) is 0 Å². The number of nitro benzene ring substituents is 1. The summed E-state index contributed by atoms with van der Waals surface area (Å²) in [5.74, 6) is 5.08. The molecular weight excluding hydrogens is 242 g/mol. The minimum Gasteiger partial charge on any atom is -0.501 e. The standard InChI is InChI=1S/C11H9NO4S/c1-8(13)17-7-3-5-9-4-2-6-10(11(9)14)12(15)16/h2,4,6,14H,7H2,1H3. The van der Waals surface area contributed by atoms with Crippen LogP contribution in [0.1, 0.15) is 12.5 Å². The Labute approximate surface area is 102 Å². The summed E-state index contributed by atoms with van der Waals surface area (Å²) in [6.07, 6.45) is 0. The molecule has 0 heterocycles. The van der Waals surface area contributed by atoms with E-state index >= 15 is 0 Å². The summed E-state index contributed by atoms with van der Waals surface area (Å²) in [5.41, 5.74) is -0.195. The van der Waals surface area contributed by atoms with Crippen molar-refractivity contribution >= 4 is 22.6 Å². The van der Waals surface area contributed by atoms with E-state index in [-0.39, 0.29) is 22.1 Å². The maximum atomic E-state index is 10.6. The first-order valence-electron chi connectivity index (χ1n) is 4.61. The molecule has 0 aromatic heterocycles. The Morgan fingerprint density at radius 1 is 1.59 bits per heavy atom. The highest BCUT2D eigenvalue weighted by molar-refractivity contribution is 8.13. The number of hydrogen-bond acceptors (Lipinski definition) is 5. The second kappa shape index (κ2) is 5.92. The van der Waals surface area contributed by atoms with Gasteiger partial charge in [-0.3, -0.25) is 14.9 Å². The number of rotatable bonds is 2. The van der Waals surface area contributed by atoms with Crippen LogP contribution in [0, 0.1) is 22.0 Å². The number of benzene rings is 1. The molecule has 17 heavy (non-hydrogen) atoms. The number of carbonyl (C=O) groups excluding carboxylic acids is 1. The van der Waals surface area contributed by atoms with Crippen molar-refractivity contribution in [3.05, 3.63) is 33.9 Å². The van der Waals surface area contributed by atoms with Crippen LogP contribution in [0.3, 0.4) is 0 Å². The minimum absolute atomic E-state index is 0.0532. The van der Waals surface area contributed by atoms with Crippen molar-refractivity contribution in [3.8, 4) is 17.6 Å². The van der Waals surface area contributed by atoms with Gasteiger partial charge in [-0.1, -0.05) is 29.7 Å². The van der Waals surface area contributed by atoms with E-state index in [9.17, 15) is 20.0 Å². The number of thioether (sulfide) groups is 1. The van der Waals surface area contributed by atoms with Crippen LogP contribution in [0.2, 0.25) is 0 Å². The fraction of sp³-hybridized carbons (Fsp3) is 0.182. The van der Waals surface area contributed by atoms with Crippen LogP contribution in [0.15, 0.2) is 18.2 Å². The zero-order chi connectivity index (χ0) is 12.8. The normalized spacial score (nSPS) is 9.24. The first kappa shape index (κ1) is 13.1. The molecule has 1 rings (SSSR count). The summed E-state index contributed by atoms with van der Waals surface area (Å²) in [5, 5.41) is 20.0. The topological polar surface area (TPSA) is 80.4 Å². The van der Waals surface area contributed by atoms with Crippen molar-refractivity contribution in [2.24, 2.45) is 0 Å². The van der Waals surface area contributed by atoms with Crippen molar-refractivity contribution < 1.29 is 14.8 Å². The Balaban J connectivity index is 2.88. The fourth-order valence-corrected chi connectivity index (χ4v) is 1.40. The lowest BCUT2D eigenvalue weighted by molar-refractivity contribution is -0.385. The summed E-state index contributed by atoms with van der Waals surface area (Å²) in [4.78, 5) is 20.5. The van der Waals surface area contributed by atoms with Crippen molar-refractivity contribution in [3.63, 3.8) is 0 Å². The molecule has 0 atom stereocenters. The van der Waals surface area contributed by atoms with Crippen LogP contribution in [0.5, 0.6) is 5.75 Å². The molecule has 0 aliphatic heterocycles. The fourth-order valence-electron chi connectivity index (χ4n) is 1.05. The molecule has 0 bridgehead atoms. The quantitative estimate of drug-likeness (QED) is 0.493. The van der Waals surface area contributed by atoms with E-state index in [1.165, 1.54) is 25.1 Å². The number of aromatic hydroxyl groups is 1. The van der Waals surface area contributed by atoms with Crippen LogP contribution < -0.4 is 0 Å². The van der Waals surface area contributed by atoms with Gasteiger partial charge in [0.2, 0.25) is 5.75 Å². The van der Waals surface area contributed by atoms with Crippen LogP contribution in [0.4, 0.5) is 5.69 Å². The second-order valence-electron chi connectivity index (χ2n) is 3.01. The van der Waals surface area contributed by atoms with E-state index in [2.05, 4.69) is 11.8 Å². The summed E-state index contributed by atoms with van der Waals surface area (Å²) in [7, 11) is 0. The van der Waals surface area contributed by atoms with Gasteiger partial charge >= 0.3 is 5.69 Å². The first-order valence-corrected chi connectivity index (χ1v) is 5.59. The van der Waals surface area contributed by atoms with Gasteiger partial charge in [0.15, 0.2) is 5.12 Å². The molecule has 0 radical (unpaired) electrons. The molecule has 1 N–H and O–H groups in total. The Bertz CT molecular complexity index is 516. The maximum absolute atomic E-state index is 10.6. The zero-order valence-electron chi connectivity index (χ0n) is 8.97. The van der Waals surface area contributed by atoms with Crippen molar-refractivity contribution in [1.29, 1.82) is 0 Å². The van der Waals surface area contributed by atoms with Crippen LogP contribution in [-0.4, -0.2) is 20.9 Å². The van der Waals surface area contributed by atoms with Crippen molar-refractivity contribution in [1.82, 2.24) is 0 Å². The Morgan fingerprint density at radius 2 is 2.29 bits per heavy atom. The summed E-state index contributed by atoms with van der Waals surface area (Å²) >= 11 is 1.04. The van der Waals surface area contributed by atoms with Gasteiger partial charge in [0.1, 0.15) is 0 Å². The van der Waals surface area contributed by atoms with Crippen LogP contribution in [0.25, 0.3) is 0 Å². The summed E-state index contributed by atoms with van der Waals surface area (Å²) in [6, 6.07) is 4.12. The lowest BCUT2D eigenvalue weighted by Crippen LogP contribution is -1.90. The maximum Gasteiger partial charge on any atom is 0.312 e. The molecule has 0 spiro atoms. The molecule has 0 saturated carbocycles. The minimum atomic E-state index is -0.676. The molecule has 0 unspecified atom stereocenters. The Kier molecular flexibility index (Phi) is 4.55.